The van der Waals surface area contributed by atoms with Crippen molar-refractivity contribution in [2.24, 2.45) is 20.8 Å². The lowest BCUT2D eigenvalue weighted by Gasteiger charge is -2.56. The first-order valence-electron chi connectivity index (χ1n) is 26.7. The lowest BCUT2D eigenvalue weighted by atomic mass is 9.62. The van der Waals surface area contributed by atoms with Gasteiger partial charge in [-0.25, -0.2) is 29.4 Å². The van der Waals surface area contributed by atoms with Crippen molar-refractivity contribution in [2.45, 2.75) is 204 Å². The summed E-state index contributed by atoms with van der Waals surface area (Å²) in [6.45, 7) is 43.1. The minimum Gasteiger partial charge on any atom is -0.262 e. The van der Waals surface area contributed by atoms with E-state index >= 15 is 9.59 Å². The predicted octanol–water partition coefficient (Wildman–Crippen LogP) is 17.8. The van der Waals surface area contributed by atoms with Crippen LogP contribution in [0.4, 0.5) is 32.3 Å². The third kappa shape index (κ3) is 9.87. The molecule has 3 fully saturated rings. The molecule has 376 valence electrons. The normalized spacial score (nSPS) is 20.9. The maximum atomic E-state index is 15.5. The van der Waals surface area contributed by atoms with Crippen LogP contribution in [-0.4, -0.2) is 46.4 Å². The first-order valence-corrected chi connectivity index (χ1v) is 26.7. The van der Waals surface area contributed by atoms with E-state index in [1.807, 2.05) is 19.6 Å². The third-order valence-electron chi connectivity index (χ3n) is 15.2. The molecule has 2 unspecified atom stereocenters. The van der Waals surface area contributed by atoms with Crippen molar-refractivity contribution in [3.8, 4) is 0 Å². The minimum absolute atomic E-state index is 0.0293. The summed E-state index contributed by atoms with van der Waals surface area (Å²) in [5.74, 6) is 3.11. The van der Waals surface area contributed by atoms with Gasteiger partial charge in [-0.2, -0.15) is 0 Å². The molecule has 3 aliphatic rings. The zero-order valence-corrected chi connectivity index (χ0v) is 46.5. The number of hydrogen-bond acceptors (Lipinski definition) is 4. The average molecular weight is 947 g/mol. The summed E-state index contributed by atoms with van der Waals surface area (Å²) >= 11 is 0. The molecule has 0 bridgehead atoms. The SMILES string of the molecule is CC(C)c1cccc(C(C)C)c1N=C1N(CC2(C)CC(N3C(=O)N(c4c(C(C)C)cccc4C(C)C)C3=Nc3c(C(C)C)cccc3C(C)C)CC(C)(C)C2)C(=O)N1c1c(C(C)C)cccc1C(C)C. The van der Waals surface area contributed by atoms with Crippen molar-refractivity contribution >= 4 is 46.7 Å². The van der Waals surface area contributed by atoms with Gasteiger partial charge in [-0.05, 0) is 122 Å². The fourth-order valence-corrected chi connectivity index (χ4v) is 12.1. The lowest BCUT2D eigenvalue weighted by molar-refractivity contribution is 0.0338. The van der Waals surface area contributed by atoms with Crippen molar-refractivity contribution in [1.29, 1.82) is 0 Å². The molecular weight excluding hydrogens is 861 g/mol. The van der Waals surface area contributed by atoms with E-state index in [9.17, 15) is 0 Å². The van der Waals surface area contributed by atoms with Gasteiger partial charge < -0.3 is 0 Å². The van der Waals surface area contributed by atoms with Gasteiger partial charge in [-0.15, -0.1) is 0 Å². The molecule has 7 rings (SSSR count). The van der Waals surface area contributed by atoms with E-state index in [2.05, 4.69) is 204 Å². The van der Waals surface area contributed by atoms with Crippen LogP contribution >= 0.6 is 0 Å². The molecule has 0 aromatic heterocycles. The van der Waals surface area contributed by atoms with Crippen LogP contribution in [0.3, 0.4) is 0 Å². The molecule has 70 heavy (non-hydrogen) atoms. The predicted molar refractivity (Wildman–Crippen MR) is 296 cm³/mol. The van der Waals surface area contributed by atoms with Crippen LogP contribution in [0, 0.1) is 10.8 Å². The summed E-state index contributed by atoms with van der Waals surface area (Å²) in [6.07, 6.45) is 2.40. The number of guanidine groups is 2. The Morgan fingerprint density at radius 2 is 0.771 bits per heavy atom. The van der Waals surface area contributed by atoms with Gasteiger partial charge in [-0.3, -0.25) is 9.80 Å². The Morgan fingerprint density at radius 1 is 0.457 bits per heavy atom. The Kier molecular flexibility index (Phi) is 15.1. The van der Waals surface area contributed by atoms with Crippen LogP contribution in [0.15, 0.2) is 82.8 Å². The maximum Gasteiger partial charge on any atom is 0.338 e. The van der Waals surface area contributed by atoms with E-state index in [1.165, 1.54) is 22.3 Å². The smallest absolute Gasteiger partial charge is 0.262 e. The van der Waals surface area contributed by atoms with Gasteiger partial charge in [0.2, 0.25) is 11.9 Å². The van der Waals surface area contributed by atoms with Crippen molar-refractivity contribution in [2.75, 3.05) is 16.3 Å². The largest absolute Gasteiger partial charge is 0.338 e. The van der Waals surface area contributed by atoms with E-state index in [-0.39, 0.29) is 76.3 Å². The Labute approximate surface area is 423 Å². The molecule has 0 N–H and O–H groups in total. The number of urea groups is 2. The number of carbonyl (C=O) groups is 2. The van der Waals surface area contributed by atoms with Gasteiger partial charge in [0.25, 0.3) is 0 Å². The van der Waals surface area contributed by atoms with Gasteiger partial charge in [0.1, 0.15) is 0 Å². The van der Waals surface area contributed by atoms with Gasteiger partial charge in [-0.1, -0.05) is 204 Å². The standard InChI is InChI=1S/C62H86N6O2/c1-36(2)45-24-20-25-46(37(3)4)53(45)63-57-65(59(69)67(57)55-49(40(9)10)28-22-29-50(55)41(11)12)35-62(19)33-44(32-61(17,18)34-62)66-58(64-54-47(38(5)6)26-21-27-48(54)39(7)8)68(60(66)70)56-51(42(13)14)30-23-31-52(56)43(15)16/h20-31,36-44H,32-35H2,1-19H3. The Hall–Kier alpha value is -5.24. The zero-order valence-electron chi connectivity index (χ0n) is 46.5. The number of rotatable bonds is 15. The summed E-state index contributed by atoms with van der Waals surface area (Å²) in [6, 6.07) is 25.9. The van der Waals surface area contributed by atoms with E-state index < -0.39 is 0 Å². The Morgan fingerprint density at radius 3 is 1.11 bits per heavy atom. The highest BCUT2D eigenvalue weighted by atomic mass is 16.2. The molecule has 2 atom stereocenters. The number of para-hydroxylation sites is 4. The van der Waals surface area contributed by atoms with Gasteiger partial charge in [0, 0.05) is 12.6 Å². The summed E-state index contributed by atoms with van der Waals surface area (Å²) in [4.78, 5) is 50.1. The number of amides is 4. The number of anilines is 2. The van der Waals surface area contributed by atoms with Crippen molar-refractivity contribution in [1.82, 2.24) is 9.80 Å². The first kappa shape index (κ1) is 52.6. The van der Waals surface area contributed by atoms with Gasteiger partial charge in [0.05, 0.1) is 22.7 Å². The second kappa shape index (κ2) is 20.1. The molecule has 2 saturated heterocycles. The van der Waals surface area contributed by atoms with Crippen molar-refractivity contribution in [3.05, 3.63) is 117 Å². The molecule has 2 heterocycles. The molecule has 4 aromatic rings. The fraction of sp³-hybridized carbons (Fsp3) is 0.548. The highest BCUT2D eigenvalue weighted by Gasteiger charge is 2.56. The van der Waals surface area contributed by atoms with E-state index in [0.29, 0.717) is 24.9 Å². The Bertz CT molecular complexity index is 2560. The number of carbonyl (C=O) groups excluding carboxylic acids is 2. The molecule has 1 saturated carbocycles. The first-order chi connectivity index (χ1) is 32.8. The van der Waals surface area contributed by atoms with Gasteiger partial charge in [0.15, 0.2) is 0 Å². The number of hydrogen-bond donors (Lipinski definition) is 0. The third-order valence-corrected chi connectivity index (χ3v) is 15.2. The molecule has 0 spiro atoms. The molecule has 4 amide bonds. The molecule has 8 heteroatoms. The van der Waals surface area contributed by atoms with Crippen LogP contribution in [0.25, 0.3) is 0 Å². The van der Waals surface area contributed by atoms with Crippen LogP contribution in [0.2, 0.25) is 0 Å². The molecule has 2 aliphatic heterocycles. The van der Waals surface area contributed by atoms with Gasteiger partial charge >= 0.3 is 12.1 Å². The number of nitrogens with zero attached hydrogens (tertiary/aromatic N) is 6. The lowest BCUT2D eigenvalue weighted by Crippen LogP contribution is -2.71. The van der Waals surface area contributed by atoms with E-state index in [4.69, 9.17) is 9.98 Å². The highest BCUT2D eigenvalue weighted by Crippen LogP contribution is 2.52. The second-order valence-electron chi connectivity index (χ2n) is 24.6. The van der Waals surface area contributed by atoms with Crippen LogP contribution < -0.4 is 9.80 Å². The molecule has 0 radical (unpaired) electrons. The van der Waals surface area contributed by atoms with E-state index in [1.54, 1.807) is 0 Å². The molecule has 4 aromatic carbocycles. The summed E-state index contributed by atoms with van der Waals surface area (Å²) in [5.41, 5.74) is 12.6. The van der Waals surface area contributed by atoms with Crippen LogP contribution in [0.5, 0.6) is 0 Å². The number of aliphatic imine (C=N–C) groups is 2. The molecule has 8 nitrogen and oxygen atoms in total. The van der Waals surface area contributed by atoms with Crippen LogP contribution in [0.1, 0.15) is 243 Å². The van der Waals surface area contributed by atoms with E-state index in [0.717, 1.165) is 57.8 Å². The fourth-order valence-electron chi connectivity index (χ4n) is 12.1. The summed E-state index contributed by atoms with van der Waals surface area (Å²) < 4.78 is 0. The summed E-state index contributed by atoms with van der Waals surface area (Å²) in [7, 11) is 0. The average Bonchev–Trinajstić information content (AvgIpc) is 3.26. The maximum absolute atomic E-state index is 15.5. The second-order valence-corrected chi connectivity index (χ2v) is 24.6. The highest BCUT2D eigenvalue weighted by molar-refractivity contribution is 6.32. The molecule has 1 aliphatic carbocycles. The summed E-state index contributed by atoms with van der Waals surface area (Å²) in [5, 5.41) is 0. The topological polar surface area (TPSA) is 71.8 Å². The van der Waals surface area contributed by atoms with Crippen molar-refractivity contribution < 1.29 is 9.59 Å². The monoisotopic (exact) mass is 947 g/mol. The van der Waals surface area contributed by atoms with Crippen LogP contribution in [-0.2, 0) is 0 Å². The van der Waals surface area contributed by atoms with Crippen molar-refractivity contribution in [3.63, 3.8) is 0 Å². The Balaban J connectivity index is 1.38. The molecular formula is C62H86N6O2. The number of benzene rings is 4. The quantitative estimate of drug-likeness (QED) is 0.119. The minimum atomic E-state index is -0.379. The zero-order chi connectivity index (χ0) is 51.5.